The predicted molar refractivity (Wildman–Crippen MR) is 256 cm³/mol. The van der Waals surface area contributed by atoms with Crippen LogP contribution < -0.4 is 0 Å². The second-order valence-corrected chi connectivity index (χ2v) is 13.2. The van der Waals surface area contributed by atoms with Crippen LogP contribution in [0, 0.1) is 0 Å². The summed E-state index contributed by atoms with van der Waals surface area (Å²) in [6.07, 6.45) is 36.4. The van der Waals surface area contributed by atoms with Crippen LogP contribution in [0.1, 0.15) is 0 Å². The van der Waals surface area contributed by atoms with E-state index < -0.39 is 0 Å². The summed E-state index contributed by atoms with van der Waals surface area (Å²) in [6, 6.07) is 9.39. The Bertz CT molecular complexity index is 1600. The fourth-order valence-corrected chi connectivity index (χ4v) is 4.27. The second kappa shape index (κ2) is 56.2. The Balaban J connectivity index is 0.000000377. The Labute approximate surface area is 420 Å². The van der Waals surface area contributed by atoms with Crippen molar-refractivity contribution in [3.05, 3.63) is 219 Å². The highest BCUT2D eigenvalue weighted by molar-refractivity contribution is 7.08. The van der Waals surface area contributed by atoms with Crippen molar-refractivity contribution in [2.45, 2.75) is 0 Å². The van der Waals surface area contributed by atoms with Crippen molar-refractivity contribution in [1.29, 1.82) is 0 Å². The van der Waals surface area contributed by atoms with E-state index in [0.29, 0.717) is 0 Å². The van der Waals surface area contributed by atoms with Gasteiger partial charge < -0.3 is 26.8 Å². The van der Waals surface area contributed by atoms with Gasteiger partial charge in [0.1, 0.15) is 49.5 Å². The number of nitrogens with zero attached hydrogens (tertiary/aromatic N) is 20. The molecule has 0 saturated carbocycles. The maximum Gasteiger partial charge on any atom is 0.213 e. The summed E-state index contributed by atoms with van der Waals surface area (Å²) in [7, 11) is 0. The second-order valence-electron chi connectivity index (χ2n) is 9.11. The van der Waals surface area contributed by atoms with E-state index >= 15 is 0 Å². The first-order valence-corrected chi connectivity index (χ1v) is 23.2. The van der Waals surface area contributed by atoms with Gasteiger partial charge in [-0.3, -0.25) is 10.1 Å². The molecule has 70 heavy (non-hydrogen) atoms. The predicted octanol–water partition coefficient (Wildman–Crippen LogP) is 8.10. The van der Waals surface area contributed by atoms with Crippen molar-refractivity contribution in [3.8, 4) is 0 Å². The van der Waals surface area contributed by atoms with Gasteiger partial charge in [0, 0.05) is 28.5 Å². The molecule has 34 heteroatoms. The van der Waals surface area contributed by atoms with Gasteiger partial charge in [-0.1, -0.05) is 32.1 Å². The lowest BCUT2D eigenvalue weighted by Gasteiger charge is -1.48. The lowest BCUT2D eigenvalue weighted by atomic mass is 10.7. The minimum Gasteiger partial charge on any atom is -0.452 e. The minimum atomic E-state index is 1.21. The van der Waals surface area contributed by atoms with Gasteiger partial charge in [-0.15, -0.1) is 26.6 Å². The number of hydrogen-bond donors (Lipinski definition) is 2. The molecule has 0 amide bonds. The third kappa shape index (κ3) is 53.4. The molecule has 364 valence electrons. The van der Waals surface area contributed by atoms with Crippen molar-refractivity contribution in [3.63, 3.8) is 0 Å². The lowest BCUT2D eigenvalue weighted by molar-refractivity contribution is 0.416. The van der Waals surface area contributed by atoms with Crippen LogP contribution in [0.4, 0.5) is 0 Å². The Kier molecular flexibility index (Phi) is 47.4. The summed E-state index contributed by atoms with van der Waals surface area (Å²) in [5, 5.41) is 45.1. The van der Waals surface area contributed by atoms with Crippen LogP contribution in [-0.2, 0) is 0 Å². The molecule has 14 rings (SSSR count). The number of hydrogen-bond acceptors (Lipinski definition) is 32. The van der Waals surface area contributed by atoms with E-state index in [1.54, 1.807) is 114 Å². The fourth-order valence-electron chi connectivity index (χ4n) is 2.29. The van der Waals surface area contributed by atoms with Crippen molar-refractivity contribution < 1.29 is 26.8 Å². The van der Waals surface area contributed by atoms with E-state index in [0.717, 1.165) is 0 Å². The van der Waals surface area contributed by atoms with Crippen LogP contribution in [0.5, 0.6) is 0 Å². The number of nitrogens with one attached hydrogen (secondary N) is 2. The van der Waals surface area contributed by atoms with Crippen LogP contribution in [0.25, 0.3) is 0 Å². The summed E-state index contributed by atoms with van der Waals surface area (Å²) >= 11 is 8.69. The lowest BCUT2D eigenvalue weighted by Crippen LogP contribution is -1.61. The number of rotatable bonds is 0. The van der Waals surface area contributed by atoms with E-state index in [-0.39, 0.29) is 0 Å². The Hall–Kier alpha value is -8.96. The average Bonchev–Trinajstić information content (AvgIpc) is 4.33. The van der Waals surface area contributed by atoms with Gasteiger partial charge in [0.25, 0.3) is 0 Å². The average molecular weight is 1070 g/mol. The number of H-pyrrole nitrogens is 2. The van der Waals surface area contributed by atoms with Gasteiger partial charge in [0.15, 0.2) is 19.1 Å². The Morgan fingerprint density at radius 3 is 1.29 bits per heavy atom. The highest BCUT2D eigenvalue weighted by Gasteiger charge is 1.66. The third-order valence-corrected chi connectivity index (χ3v) is 7.55. The Morgan fingerprint density at radius 1 is 0.371 bits per heavy atom. The van der Waals surface area contributed by atoms with E-state index in [1.807, 2.05) is 45.1 Å². The zero-order valence-electron chi connectivity index (χ0n) is 35.6. The molecule has 0 unspecified atom stereocenters. The first-order valence-electron chi connectivity index (χ1n) is 18.0. The molecule has 14 aromatic rings. The summed E-state index contributed by atoms with van der Waals surface area (Å²) in [5.41, 5.74) is 3.47. The van der Waals surface area contributed by atoms with Crippen LogP contribution in [0.3, 0.4) is 0 Å². The molecule has 14 aromatic heterocycles. The number of aromatic amines is 2. The molecule has 0 saturated heterocycles. The van der Waals surface area contributed by atoms with Crippen LogP contribution >= 0.6 is 69.0 Å². The van der Waals surface area contributed by atoms with Crippen LogP contribution in [0.15, 0.2) is 246 Å². The van der Waals surface area contributed by atoms with E-state index in [9.17, 15) is 0 Å². The molecule has 0 aliphatic heterocycles. The molecular formula is C36H38N22O6S6. The molecule has 2 N–H and O–H groups in total. The Morgan fingerprint density at radius 2 is 1.11 bits per heavy atom. The quantitative estimate of drug-likeness (QED) is 0.145. The van der Waals surface area contributed by atoms with Gasteiger partial charge in [-0.25, -0.2) is 29.3 Å². The van der Waals surface area contributed by atoms with Gasteiger partial charge in [0.2, 0.25) is 19.2 Å². The number of oxazole rings is 2. The SMILES string of the molecule is c1ccsc1.c1cn[nH]n1.c1cnoc1.c1cnoc1.c1cnsc1.c1cnsn1.c1cocn1.c1cocn1.c1cscn1.c1csnn1.c1nc[nH]n1.c1ncon1.c1ncsn1.c1nnco1. The minimum absolute atomic E-state index is 1.21. The number of aromatic nitrogens is 22. The highest BCUT2D eigenvalue weighted by Crippen LogP contribution is 1.91. The normalized spacial score (nSPS) is 8.00. The molecule has 28 nitrogen and oxygen atoms in total. The van der Waals surface area contributed by atoms with Crippen molar-refractivity contribution in [1.82, 2.24) is 108 Å². The molecule has 0 radical (unpaired) electrons. The third-order valence-electron chi connectivity index (χ3n) is 4.58. The molecule has 0 aromatic carbocycles. The molecular weight excluding hydrogens is 1030 g/mol. The number of thiophene rings is 1. The summed E-state index contributed by atoms with van der Waals surface area (Å²) < 4.78 is 44.4. The van der Waals surface area contributed by atoms with E-state index in [1.165, 1.54) is 129 Å². The van der Waals surface area contributed by atoms with Gasteiger partial charge in [-0.2, -0.15) is 45.0 Å². The zero-order chi connectivity index (χ0) is 49.5. The topological polar surface area (TPSA) is 368 Å². The molecule has 14 heterocycles. The first kappa shape index (κ1) is 59.1. The van der Waals surface area contributed by atoms with E-state index in [2.05, 4.69) is 135 Å². The standard InChI is InChI=1S/C4H4S.4C3H3NO.2C3H3NS.2C2H3N3.2C2H2N2O.3C2H2N2S/c1-2-4-5-3-1;2*1-2-5-3-4-1;2*1-2-4-5-3-1;1-2-5-3-4-1;1-2-4-5-3-1;1-3-2-5-4-1;1-2-4-5-3-1;1-3-4-2-5-1;2*1-3-2-5-4-1;1-2-5-4-3-1;1-2-4-5-3-1/h1-4H;6*1-3H;2*1-2H,(H,3,4,5);5*1-2H. The highest BCUT2D eigenvalue weighted by atomic mass is 32.1. The molecule has 0 fully saturated rings. The van der Waals surface area contributed by atoms with Gasteiger partial charge in [-0.05, 0) is 63.6 Å². The first-order chi connectivity index (χ1) is 35.0. The largest absolute Gasteiger partial charge is 0.452 e. The van der Waals surface area contributed by atoms with Crippen LogP contribution in [-0.4, -0.2) is 108 Å². The maximum atomic E-state index is 4.47. The number of thiazole rings is 1. The van der Waals surface area contributed by atoms with Crippen molar-refractivity contribution >= 4 is 69.0 Å². The van der Waals surface area contributed by atoms with Gasteiger partial charge in [0.05, 0.1) is 73.0 Å². The monoisotopic (exact) mass is 1070 g/mol. The van der Waals surface area contributed by atoms with Crippen LogP contribution in [0.2, 0.25) is 0 Å². The fraction of sp³-hybridized carbons (Fsp3) is 0. The van der Waals surface area contributed by atoms with Gasteiger partial charge >= 0.3 is 0 Å². The zero-order valence-corrected chi connectivity index (χ0v) is 40.5. The smallest absolute Gasteiger partial charge is 0.213 e. The van der Waals surface area contributed by atoms with Crippen molar-refractivity contribution in [2.75, 3.05) is 0 Å². The molecule has 0 atom stereocenters. The maximum absolute atomic E-state index is 4.47. The molecule has 0 aliphatic rings. The van der Waals surface area contributed by atoms with Crippen molar-refractivity contribution in [2.24, 2.45) is 0 Å². The summed E-state index contributed by atoms with van der Waals surface area (Å²) in [6.45, 7) is 0. The molecule has 0 spiro atoms. The summed E-state index contributed by atoms with van der Waals surface area (Å²) in [5.74, 6) is 0. The summed E-state index contributed by atoms with van der Waals surface area (Å²) in [4.78, 5) is 21.5. The van der Waals surface area contributed by atoms with E-state index in [4.69, 9.17) is 0 Å². The molecule has 0 aliphatic carbocycles. The molecule has 0 bridgehead atoms.